The van der Waals surface area contributed by atoms with Crippen LogP contribution in [0.25, 0.3) is 22.6 Å². The van der Waals surface area contributed by atoms with Crippen molar-refractivity contribution >= 4 is 17.2 Å². The van der Waals surface area contributed by atoms with Crippen molar-refractivity contribution in [1.29, 1.82) is 0 Å². The highest BCUT2D eigenvalue weighted by molar-refractivity contribution is 5.78. The molecule has 7 heteroatoms. The van der Waals surface area contributed by atoms with Crippen LogP contribution in [0, 0.1) is 0 Å². The van der Waals surface area contributed by atoms with Crippen molar-refractivity contribution in [2.24, 2.45) is 0 Å². The molecular weight excluding hydrogens is 354 g/mol. The van der Waals surface area contributed by atoms with Gasteiger partial charge in [0.2, 0.25) is 0 Å². The molecule has 3 aromatic rings. The number of ether oxygens (including phenoxy) is 1. The zero-order valence-electron chi connectivity index (χ0n) is 16.4. The molecule has 1 aliphatic rings. The molecule has 146 valence electrons. The molecule has 7 nitrogen and oxygen atoms in total. The van der Waals surface area contributed by atoms with E-state index in [1.165, 1.54) is 0 Å². The lowest BCUT2D eigenvalue weighted by molar-refractivity contribution is 0.204. The Hall–Kier alpha value is -3.09. The van der Waals surface area contributed by atoms with Crippen LogP contribution in [0.15, 0.2) is 42.6 Å². The Bertz CT molecular complexity index is 980. The maximum Gasteiger partial charge on any atom is 0.317 e. The van der Waals surface area contributed by atoms with Crippen LogP contribution in [-0.4, -0.2) is 51.7 Å². The van der Waals surface area contributed by atoms with Gasteiger partial charge in [0.25, 0.3) is 0 Å². The Morgan fingerprint density at radius 2 is 2.04 bits per heavy atom. The molecule has 4 rings (SSSR count). The quantitative estimate of drug-likeness (QED) is 0.753. The van der Waals surface area contributed by atoms with E-state index in [1.807, 2.05) is 55.1 Å². The number of nitrogens with zero attached hydrogens (tertiary/aromatic N) is 4. The summed E-state index contributed by atoms with van der Waals surface area (Å²) in [4.78, 5) is 23.7. The third kappa shape index (κ3) is 3.40. The zero-order chi connectivity index (χ0) is 19.7. The van der Waals surface area contributed by atoms with Gasteiger partial charge in [-0.2, -0.15) is 0 Å². The molecule has 2 aromatic heterocycles. The Labute approximate surface area is 164 Å². The largest absolute Gasteiger partial charge is 0.497 e. The van der Waals surface area contributed by atoms with Gasteiger partial charge in [-0.15, -0.1) is 0 Å². The fourth-order valence-corrected chi connectivity index (χ4v) is 3.69. The van der Waals surface area contributed by atoms with E-state index in [4.69, 9.17) is 9.72 Å². The third-order valence-electron chi connectivity index (χ3n) is 5.02. The Morgan fingerprint density at radius 1 is 1.25 bits per heavy atom. The number of fused-ring (bicyclic) bond motifs is 1. The van der Waals surface area contributed by atoms with Crippen molar-refractivity contribution in [1.82, 2.24) is 24.8 Å². The number of carbonyl (C=O) groups excluding carboxylic acids is 1. The van der Waals surface area contributed by atoms with Crippen molar-refractivity contribution in [3.8, 4) is 17.1 Å². The van der Waals surface area contributed by atoms with Crippen LogP contribution in [0.1, 0.15) is 26.3 Å². The molecule has 1 fully saturated rings. The van der Waals surface area contributed by atoms with Gasteiger partial charge in [0, 0.05) is 30.9 Å². The first kappa shape index (κ1) is 18.3. The predicted molar refractivity (Wildman–Crippen MR) is 108 cm³/mol. The van der Waals surface area contributed by atoms with E-state index >= 15 is 0 Å². The van der Waals surface area contributed by atoms with Gasteiger partial charge in [-0.25, -0.2) is 14.8 Å². The SMILES string of the molecule is COc1ccc(-c2nc3cccnc3n2C2CCN(C(=O)NC(C)C)C2)cc1. The van der Waals surface area contributed by atoms with Gasteiger partial charge in [-0.1, -0.05) is 0 Å². The normalized spacial score (nSPS) is 16.7. The van der Waals surface area contributed by atoms with E-state index < -0.39 is 0 Å². The molecular formula is C21H25N5O2. The number of hydrogen-bond acceptors (Lipinski definition) is 4. The van der Waals surface area contributed by atoms with E-state index in [0.717, 1.165) is 41.3 Å². The average molecular weight is 379 g/mol. The Kier molecular flexibility index (Phi) is 4.90. The molecule has 1 aromatic carbocycles. The molecule has 0 spiro atoms. The monoisotopic (exact) mass is 379 g/mol. The fourth-order valence-electron chi connectivity index (χ4n) is 3.69. The third-order valence-corrected chi connectivity index (χ3v) is 5.02. The minimum atomic E-state index is -0.0131. The number of methoxy groups -OCH3 is 1. The van der Waals surface area contributed by atoms with Crippen LogP contribution >= 0.6 is 0 Å². The van der Waals surface area contributed by atoms with E-state index in [1.54, 1.807) is 13.3 Å². The van der Waals surface area contributed by atoms with Crippen molar-refractivity contribution in [3.05, 3.63) is 42.6 Å². The number of pyridine rings is 1. The second kappa shape index (κ2) is 7.50. The maximum atomic E-state index is 12.4. The Morgan fingerprint density at radius 3 is 2.75 bits per heavy atom. The lowest BCUT2D eigenvalue weighted by Gasteiger charge is -2.20. The molecule has 0 saturated carbocycles. The molecule has 1 atom stereocenters. The first-order valence-corrected chi connectivity index (χ1v) is 9.59. The van der Waals surface area contributed by atoms with E-state index in [2.05, 4.69) is 14.9 Å². The summed E-state index contributed by atoms with van der Waals surface area (Å²) in [6.45, 7) is 5.31. The summed E-state index contributed by atoms with van der Waals surface area (Å²) in [6, 6.07) is 12.0. The molecule has 1 aliphatic heterocycles. The summed E-state index contributed by atoms with van der Waals surface area (Å²) in [6.07, 6.45) is 2.66. The maximum absolute atomic E-state index is 12.4. The summed E-state index contributed by atoms with van der Waals surface area (Å²) in [5.74, 6) is 1.68. The Balaban J connectivity index is 1.71. The topological polar surface area (TPSA) is 72.3 Å². The van der Waals surface area contributed by atoms with Crippen LogP contribution in [0.3, 0.4) is 0 Å². The highest BCUT2D eigenvalue weighted by atomic mass is 16.5. The number of hydrogen-bond donors (Lipinski definition) is 1. The van der Waals surface area contributed by atoms with E-state index in [0.29, 0.717) is 6.54 Å². The van der Waals surface area contributed by atoms with Gasteiger partial charge in [0.05, 0.1) is 13.2 Å². The first-order valence-electron chi connectivity index (χ1n) is 9.59. The van der Waals surface area contributed by atoms with Gasteiger partial charge in [-0.3, -0.25) is 0 Å². The van der Waals surface area contributed by atoms with Gasteiger partial charge in [0.1, 0.15) is 17.1 Å². The molecule has 0 bridgehead atoms. The average Bonchev–Trinajstić information content (AvgIpc) is 3.32. The van der Waals surface area contributed by atoms with Crippen LogP contribution < -0.4 is 10.1 Å². The lowest BCUT2D eigenvalue weighted by atomic mass is 10.2. The summed E-state index contributed by atoms with van der Waals surface area (Å²) < 4.78 is 7.46. The van der Waals surface area contributed by atoms with Crippen LogP contribution in [0.5, 0.6) is 5.75 Å². The van der Waals surface area contributed by atoms with Crippen molar-refractivity contribution in [3.63, 3.8) is 0 Å². The van der Waals surface area contributed by atoms with Crippen molar-refractivity contribution in [2.75, 3.05) is 20.2 Å². The standard InChI is InChI=1S/C21H25N5O2/c1-14(2)23-21(27)25-12-10-16(13-25)26-19(15-6-8-17(28-3)9-7-15)24-18-5-4-11-22-20(18)26/h4-9,11,14,16H,10,12-13H2,1-3H3,(H,23,27). The number of urea groups is 1. The summed E-state index contributed by atoms with van der Waals surface area (Å²) in [5, 5.41) is 2.98. The predicted octanol–water partition coefficient (Wildman–Crippen LogP) is 3.47. The molecule has 0 radical (unpaired) electrons. The molecule has 28 heavy (non-hydrogen) atoms. The molecule has 3 heterocycles. The van der Waals surface area contributed by atoms with Gasteiger partial charge in [0.15, 0.2) is 5.65 Å². The van der Waals surface area contributed by atoms with Crippen LogP contribution in [0.2, 0.25) is 0 Å². The number of likely N-dealkylation sites (tertiary alicyclic amines) is 1. The smallest absolute Gasteiger partial charge is 0.317 e. The summed E-state index contributed by atoms with van der Waals surface area (Å²) >= 11 is 0. The molecule has 2 amide bonds. The van der Waals surface area contributed by atoms with Gasteiger partial charge >= 0.3 is 6.03 Å². The number of benzene rings is 1. The molecule has 1 saturated heterocycles. The number of amides is 2. The molecule has 1 unspecified atom stereocenters. The van der Waals surface area contributed by atoms with Crippen LogP contribution in [-0.2, 0) is 0 Å². The highest BCUT2D eigenvalue weighted by Gasteiger charge is 2.31. The van der Waals surface area contributed by atoms with E-state index in [-0.39, 0.29) is 18.1 Å². The van der Waals surface area contributed by atoms with Crippen LogP contribution in [0.4, 0.5) is 4.79 Å². The second-order valence-electron chi connectivity index (χ2n) is 7.37. The fraction of sp³-hybridized carbons (Fsp3) is 0.381. The second-order valence-corrected chi connectivity index (χ2v) is 7.37. The highest BCUT2D eigenvalue weighted by Crippen LogP contribution is 2.32. The summed E-state index contributed by atoms with van der Waals surface area (Å²) in [5.41, 5.74) is 2.71. The number of carbonyl (C=O) groups is 1. The number of nitrogens with one attached hydrogen (secondary N) is 1. The van der Waals surface area contributed by atoms with Crippen molar-refractivity contribution < 1.29 is 9.53 Å². The number of imidazole rings is 1. The van der Waals surface area contributed by atoms with Crippen molar-refractivity contribution in [2.45, 2.75) is 32.4 Å². The lowest BCUT2D eigenvalue weighted by Crippen LogP contribution is -2.41. The van der Waals surface area contributed by atoms with Gasteiger partial charge < -0.3 is 19.5 Å². The first-order chi connectivity index (χ1) is 13.6. The molecule has 0 aliphatic carbocycles. The van der Waals surface area contributed by atoms with E-state index in [9.17, 15) is 4.79 Å². The molecule has 1 N–H and O–H groups in total. The zero-order valence-corrected chi connectivity index (χ0v) is 16.4. The minimum Gasteiger partial charge on any atom is -0.497 e. The number of rotatable bonds is 4. The minimum absolute atomic E-state index is 0.0131. The summed E-state index contributed by atoms with van der Waals surface area (Å²) in [7, 11) is 1.66. The number of aromatic nitrogens is 3. The van der Waals surface area contributed by atoms with Gasteiger partial charge in [-0.05, 0) is 56.7 Å².